The van der Waals surface area contributed by atoms with E-state index in [1.165, 1.54) is 12.1 Å². The van der Waals surface area contributed by atoms with Gasteiger partial charge >= 0.3 is 0 Å². The van der Waals surface area contributed by atoms with Crippen LogP contribution < -0.4 is 15.2 Å². The Bertz CT molecular complexity index is 1180. The van der Waals surface area contributed by atoms with Crippen molar-refractivity contribution in [1.82, 2.24) is 24.2 Å². The number of para-hydroxylation sites is 1. The largest absolute Gasteiger partial charge is 0.481 e. The first-order chi connectivity index (χ1) is 14.9. The molecule has 3 aromatic rings. The highest BCUT2D eigenvalue weighted by Gasteiger charge is 2.26. The van der Waals surface area contributed by atoms with Crippen LogP contribution in [0.25, 0.3) is 11.0 Å². The van der Waals surface area contributed by atoms with Crippen LogP contribution in [0.5, 0.6) is 5.75 Å². The molecule has 9 nitrogen and oxygen atoms in total. The smallest absolute Gasteiger partial charge is 0.281 e. The Morgan fingerprint density at radius 3 is 2.58 bits per heavy atom. The van der Waals surface area contributed by atoms with Crippen LogP contribution in [0.15, 0.2) is 29.1 Å². The molecule has 1 fully saturated rings. The van der Waals surface area contributed by atoms with Crippen molar-refractivity contribution in [2.24, 2.45) is 7.05 Å². The van der Waals surface area contributed by atoms with Crippen molar-refractivity contribution in [3.63, 3.8) is 0 Å². The first-order valence-electron chi connectivity index (χ1n) is 10.2. The SMILES string of the molecule is CCn1c(N2CCN(C(=O)COc3ccccc3F)CC2)nc2c(C)nn(C)c2c1=O. The normalized spacial score (nSPS) is 14.3. The Labute approximate surface area is 178 Å². The monoisotopic (exact) mass is 428 g/mol. The average molecular weight is 428 g/mol. The Hall–Kier alpha value is -3.43. The topological polar surface area (TPSA) is 85.5 Å². The first kappa shape index (κ1) is 20.8. The van der Waals surface area contributed by atoms with E-state index in [1.54, 1.807) is 33.3 Å². The zero-order chi connectivity index (χ0) is 22.1. The summed E-state index contributed by atoms with van der Waals surface area (Å²) in [6.07, 6.45) is 0. The molecule has 1 aliphatic heterocycles. The Balaban J connectivity index is 1.47. The maximum atomic E-state index is 13.7. The lowest BCUT2D eigenvalue weighted by molar-refractivity contribution is -0.133. The van der Waals surface area contributed by atoms with Gasteiger partial charge in [0.15, 0.2) is 23.7 Å². The van der Waals surface area contributed by atoms with Crippen molar-refractivity contribution < 1.29 is 13.9 Å². The van der Waals surface area contributed by atoms with Gasteiger partial charge in [-0.3, -0.25) is 18.8 Å². The van der Waals surface area contributed by atoms with Crippen LogP contribution in [0.3, 0.4) is 0 Å². The van der Waals surface area contributed by atoms with Gasteiger partial charge in [-0.15, -0.1) is 0 Å². The molecule has 0 radical (unpaired) electrons. The predicted octanol–water partition coefficient (Wildman–Crippen LogP) is 1.33. The molecule has 0 atom stereocenters. The Morgan fingerprint density at radius 1 is 1.19 bits per heavy atom. The van der Waals surface area contributed by atoms with E-state index in [4.69, 9.17) is 9.72 Å². The number of piperazine rings is 1. The minimum absolute atomic E-state index is 0.0609. The predicted molar refractivity (Wildman–Crippen MR) is 114 cm³/mol. The molecular formula is C21H25FN6O3. The Kier molecular flexibility index (Phi) is 5.62. The van der Waals surface area contributed by atoms with E-state index in [0.717, 1.165) is 0 Å². The summed E-state index contributed by atoms with van der Waals surface area (Å²) in [5.74, 6) is -0.0521. The van der Waals surface area contributed by atoms with Crippen LogP contribution in [0.2, 0.25) is 0 Å². The number of nitrogens with zero attached hydrogens (tertiary/aromatic N) is 6. The highest BCUT2D eigenvalue weighted by atomic mass is 19.1. The third kappa shape index (κ3) is 3.85. The average Bonchev–Trinajstić information content (AvgIpc) is 3.06. The molecule has 0 bridgehead atoms. The molecule has 1 aliphatic rings. The van der Waals surface area contributed by atoms with Gasteiger partial charge < -0.3 is 14.5 Å². The van der Waals surface area contributed by atoms with E-state index in [0.29, 0.717) is 55.4 Å². The number of aromatic nitrogens is 4. The van der Waals surface area contributed by atoms with Crippen molar-refractivity contribution >= 4 is 22.9 Å². The van der Waals surface area contributed by atoms with Crippen molar-refractivity contribution in [3.8, 4) is 5.75 Å². The molecule has 1 amide bonds. The lowest BCUT2D eigenvalue weighted by Crippen LogP contribution is -2.51. The molecule has 10 heteroatoms. The molecular weight excluding hydrogens is 403 g/mol. The Morgan fingerprint density at radius 2 is 1.90 bits per heavy atom. The van der Waals surface area contributed by atoms with Gasteiger partial charge in [0.1, 0.15) is 5.52 Å². The maximum Gasteiger partial charge on any atom is 0.281 e. The summed E-state index contributed by atoms with van der Waals surface area (Å²) >= 11 is 0. The van der Waals surface area contributed by atoms with Gasteiger partial charge in [-0.25, -0.2) is 9.37 Å². The van der Waals surface area contributed by atoms with Crippen molar-refractivity contribution in [2.45, 2.75) is 20.4 Å². The number of fused-ring (bicyclic) bond motifs is 1. The van der Waals surface area contributed by atoms with Gasteiger partial charge in [-0.1, -0.05) is 12.1 Å². The highest BCUT2D eigenvalue weighted by Crippen LogP contribution is 2.19. The molecule has 0 N–H and O–H groups in total. The molecule has 3 heterocycles. The van der Waals surface area contributed by atoms with Gasteiger partial charge in [0.25, 0.3) is 11.5 Å². The van der Waals surface area contributed by atoms with Crippen LogP contribution in [0.4, 0.5) is 10.3 Å². The van der Waals surface area contributed by atoms with E-state index < -0.39 is 5.82 Å². The molecule has 0 aliphatic carbocycles. The van der Waals surface area contributed by atoms with E-state index in [9.17, 15) is 14.0 Å². The zero-order valence-electron chi connectivity index (χ0n) is 17.8. The number of carbonyl (C=O) groups excluding carboxylic acids is 1. The minimum Gasteiger partial charge on any atom is -0.481 e. The minimum atomic E-state index is -0.496. The number of hydrogen-bond donors (Lipinski definition) is 0. The lowest BCUT2D eigenvalue weighted by atomic mass is 10.3. The molecule has 31 heavy (non-hydrogen) atoms. The molecule has 0 spiro atoms. The zero-order valence-corrected chi connectivity index (χ0v) is 17.8. The fraction of sp³-hybridized carbons (Fsp3) is 0.429. The molecule has 164 valence electrons. The van der Waals surface area contributed by atoms with Crippen LogP contribution in [-0.4, -0.2) is 62.9 Å². The van der Waals surface area contributed by atoms with Gasteiger partial charge in [-0.05, 0) is 26.0 Å². The number of carbonyl (C=O) groups is 1. The van der Waals surface area contributed by atoms with Gasteiger partial charge in [0.05, 0.1) is 5.69 Å². The number of halogens is 1. The van der Waals surface area contributed by atoms with E-state index in [-0.39, 0.29) is 23.8 Å². The van der Waals surface area contributed by atoms with Crippen LogP contribution in [0, 0.1) is 12.7 Å². The number of ether oxygens (including phenoxy) is 1. The quantitative estimate of drug-likeness (QED) is 0.610. The summed E-state index contributed by atoms with van der Waals surface area (Å²) in [6.45, 7) is 5.98. The van der Waals surface area contributed by atoms with Gasteiger partial charge in [0, 0.05) is 39.8 Å². The van der Waals surface area contributed by atoms with Crippen molar-refractivity contribution in [2.75, 3.05) is 37.7 Å². The maximum absolute atomic E-state index is 13.7. The number of rotatable bonds is 5. The molecule has 4 rings (SSSR count). The number of anilines is 1. The van der Waals surface area contributed by atoms with E-state index in [1.807, 2.05) is 18.7 Å². The lowest BCUT2D eigenvalue weighted by Gasteiger charge is -2.36. The summed E-state index contributed by atoms with van der Waals surface area (Å²) in [5, 5.41) is 4.33. The van der Waals surface area contributed by atoms with Gasteiger partial charge in [-0.2, -0.15) is 5.10 Å². The number of amides is 1. The molecule has 0 unspecified atom stereocenters. The summed E-state index contributed by atoms with van der Waals surface area (Å²) in [5.41, 5.74) is 1.67. The third-order valence-electron chi connectivity index (χ3n) is 5.51. The van der Waals surface area contributed by atoms with Crippen molar-refractivity contribution in [3.05, 3.63) is 46.1 Å². The second kappa shape index (κ2) is 8.37. The summed E-state index contributed by atoms with van der Waals surface area (Å²) < 4.78 is 22.2. The molecule has 1 aromatic carbocycles. The molecule has 0 saturated carbocycles. The van der Waals surface area contributed by atoms with E-state index >= 15 is 0 Å². The van der Waals surface area contributed by atoms with Gasteiger partial charge in [0.2, 0.25) is 5.95 Å². The summed E-state index contributed by atoms with van der Waals surface area (Å²) in [4.78, 5) is 33.9. The molecule has 1 saturated heterocycles. The summed E-state index contributed by atoms with van der Waals surface area (Å²) in [6, 6.07) is 6.01. The first-order valence-corrected chi connectivity index (χ1v) is 10.2. The fourth-order valence-electron chi connectivity index (χ4n) is 3.87. The standard InChI is InChI=1S/C21H25FN6O3/c1-4-28-20(30)19-18(14(2)24-25(19)3)23-21(28)27-11-9-26(10-12-27)17(29)13-31-16-8-6-5-7-15(16)22/h5-8H,4,9-13H2,1-3H3. The van der Waals surface area contributed by atoms with Crippen molar-refractivity contribution in [1.29, 1.82) is 0 Å². The number of aryl methyl sites for hydroxylation is 2. The summed E-state index contributed by atoms with van der Waals surface area (Å²) in [7, 11) is 1.74. The fourth-order valence-corrected chi connectivity index (χ4v) is 3.87. The second-order valence-corrected chi connectivity index (χ2v) is 7.45. The number of hydrogen-bond acceptors (Lipinski definition) is 6. The highest BCUT2D eigenvalue weighted by molar-refractivity contribution is 5.79. The van der Waals surface area contributed by atoms with Crippen LogP contribution >= 0.6 is 0 Å². The second-order valence-electron chi connectivity index (χ2n) is 7.45. The third-order valence-corrected chi connectivity index (χ3v) is 5.51. The number of benzene rings is 1. The molecule has 2 aromatic heterocycles. The van der Waals surface area contributed by atoms with E-state index in [2.05, 4.69) is 5.10 Å². The van der Waals surface area contributed by atoms with Crippen LogP contribution in [0.1, 0.15) is 12.6 Å². The van der Waals surface area contributed by atoms with Crippen LogP contribution in [-0.2, 0) is 18.4 Å².